The molecule has 0 aromatic carbocycles. The molecule has 0 bridgehead atoms. The summed E-state index contributed by atoms with van der Waals surface area (Å²) in [5.74, 6) is 0. The van der Waals surface area contributed by atoms with E-state index in [1.807, 2.05) is 20.0 Å². The van der Waals surface area contributed by atoms with E-state index < -0.39 is 13.9 Å². The molecule has 0 saturated heterocycles. The molecular weight excluding hydrogens is 144 g/mol. The van der Waals surface area contributed by atoms with Crippen molar-refractivity contribution < 1.29 is 9.90 Å². The van der Waals surface area contributed by atoms with Crippen LogP contribution in [0.4, 0.5) is 0 Å². The molecule has 0 spiro atoms. The molecule has 1 atom stereocenters. The standard InChI is InChI=1S/C7H18O2Si/c1-5-7(2,8)6-10(3,4)9/h8-9H,5-6H2,1-4H3. The molecule has 0 aromatic heterocycles. The van der Waals surface area contributed by atoms with Gasteiger partial charge in [0.25, 0.3) is 0 Å². The van der Waals surface area contributed by atoms with Crippen LogP contribution in [0.5, 0.6) is 0 Å². The molecule has 0 radical (unpaired) electrons. The fraction of sp³-hybridized carbons (Fsp3) is 1.00. The minimum atomic E-state index is -2.06. The quantitative estimate of drug-likeness (QED) is 0.615. The smallest absolute Gasteiger partial charge is 0.185 e. The zero-order valence-corrected chi connectivity index (χ0v) is 8.31. The highest BCUT2D eigenvalue weighted by atomic mass is 28.4. The van der Waals surface area contributed by atoms with Crippen molar-refractivity contribution in [3.63, 3.8) is 0 Å². The summed E-state index contributed by atoms with van der Waals surface area (Å²) in [5.41, 5.74) is -0.662. The SMILES string of the molecule is CCC(C)(O)C[Si](C)(C)O. The predicted octanol–water partition coefficient (Wildman–Crippen LogP) is 1.34. The highest BCUT2D eigenvalue weighted by Gasteiger charge is 2.29. The summed E-state index contributed by atoms with van der Waals surface area (Å²) in [6.07, 6.45) is 0.712. The van der Waals surface area contributed by atoms with Crippen molar-refractivity contribution in [2.45, 2.75) is 45.0 Å². The van der Waals surface area contributed by atoms with Gasteiger partial charge in [-0.2, -0.15) is 0 Å². The number of hydrogen-bond acceptors (Lipinski definition) is 2. The average Bonchev–Trinajstić information content (AvgIpc) is 1.60. The Hall–Kier alpha value is 0.137. The van der Waals surface area contributed by atoms with Crippen LogP contribution in [0.2, 0.25) is 19.1 Å². The number of rotatable bonds is 3. The molecule has 0 heterocycles. The highest BCUT2D eigenvalue weighted by molar-refractivity contribution is 6.70. The van der Waals surface area contributed by atoms with Gasteiger partial charge in [0.2, 0.25) is 0 Å². The van der Waals surface area contributed by atoms with Crippen LogP contribution in [0.1, 0.15) is 20.3 Å². The Morgan fingerprint density at radius 1 is 1.40 bits per heavy atom. The summed E-state index contributed by atoms with van der Waals surface area (Å²) in [6, 6.07) is 0.566. The molecule has 3 heteroatoms. The van der Waals surface area contributed by atoms with Crippen molar-refractivity contribution in [2.24, 2.45) is 0 Å². The second kappa shape index (κ2) is 3.03. The van der Waals surface area contributed by atoms with Gasteiger partial charge in [-0.1, -0.05) is 6.92 Å². The maximum absolute atomic E-state index is 9.53. The van der Waals surface area contributed by atoms with Gasteiger partial charge >= 0.3 is 0 Å². The van der Waals surface area contributed by atoms with Gasteiger partial charge in [-0.05, 0) is 32.5 Å². The van der Waals surface area contributed by atoms with Gasteiger partial charge in [0.1, 0.15) is 0 Å². The molecule has 0 amide bonds. The fourth-order valence-corrected chi connectivity index (χ4v) is 3.17. The third-order valence-corrected chi connectivity index (χ3v) is 3.20. The summed E-state index contributed by atoms with van der Waals surface area (Å²) >= 11 is 0. The van der Waals surface area contributed by atoms with E-state index in [0.29, 0.717) is 12.5 Å². The molecule has 10 heavy (non-hydrogen) atoms. The van der Waals surface area contributed by atoms with Crippen LogP contribution in [0.3, 0.4) is 0 Å². The second-order valence-electron chi connectivity index (χ2n) is 3.84. The molecular formula is C7H18O2Si. The summed E-state index contributed by atoms with van der Waals surface area (Å²) < 4.78 is 0. The van der Waals surface area contributed by atoms with Crippen LogP contribution in [-0.4, -0.2) is 23.8 Å². The zero-order chi connectivity index (χ0) is 8.41. The third kappa shape index (κ3) is 4.96. The molecule has 0 aliphatic carbocycles. The average molecular weight is 162 g/mol. The zero-order valence-electron chi connectivity index (χ0n) is 7.31. The third-order valence-electron chi connectivity index (χ3n) is 1.58. The molecule has 0 aromatic rings. The van der Waals surface area contributed by atoms with Crippen molar-refractivity contribution in [3.8, 4) is 0 Å². The van der Waals surface area contributed by atoms with E-state index in [2.05, 4.69) is 0 Å². The van der Waals surface area contributed by atoms with Crippen molar-refractivity contribution in [1.82, 2.24) is 0 Å². The van der Waals surface area contributed by atoms with Crippen LogP contribution in [0.25, 0.3) is 0 Å². The van der Waals surface area contributed by atoms with Gasteiger partial charge in [-0.15, -0.1) is 0 Å². The topological polar surface area (TPSA) is 40.5 Å². The van der Waals surface area contributed by atoms with Crippen molar-refractivity contribution in [3.05, 3.63) is 0 Å². The Bertz CT molecular complexity index is 105. The predicted molar refractivity (Wildman–Crippen MR) is 45.4 cm³/mol. The van der Waals surface area contributed by atoms with Gasteiger partial charge in [-0.3, -0.25) is 0 Å². The Morgan fingerprint density at radius 3 is 1.90 bits per heavy atom. The monoisotopic (exact) mass is 162 g/mol. The maximum atomic E-state index is 9.53. The largest absolute Gasteiger partial charge is 0.432 e. The van der Waals surface area contributed by atoms with Gasteiger partial charge in [0.05, 0.1) is 5.60 Å². The van der Waals surface area contributed by atoms with Crippen LogP contribution in [-0.2, 0) is 0 Å². The molecule has 0 saturated carbocycles. The Balaban J connectivity index is 3.89. The molecule has 0 aliphatic rings. The van der Waals surface area contributed by atoms with Gasteiger partial charge in [0, 0.05) is 0 Å². The minimum absolute atomic E-state index is 0.566. The Kier molecular flexibility index (Phi) is 3.07. The van der Waals surface area contributed by atoms with E-state index in [1.54, 1.807) is 6.92 Å². The lowest BCUT2D eigenvalue weighted by Gasteiger charge is -2.27. The first kappa shape index (κ1) is 10.1. The second-order valence-corrected chi connectivity index (χ2v) is 7.82. The first-order valence-electron chi connectivity index (χ1n) is 3.71. The summed E-state index contributed by atoms with van der Waals surface area (Å²) in [6.45, 7) is 7.40. The molecule has 62 valence electrons. The lowest BCUT2D eigenvalue weighted by molar-refractivity contribution is 0.0721. The number of hydrogen-bond donors (Lipinski definition) is 2. The lowest BCUT2D eigenvalue weighted by Crippen LogP contribution is -2.37. The van der Waals surface area contributed by atoms with Crippen LogP contribution in [0, 0.1) is 0 Å². The van der Waals surface area contributed by atoms with E-state index in [0.717, 1.165) is 0 Å². The summed E-state index contributed by atoms with van der Waals surface area (Å²) in [4.78, 5) is 9.46. The van der Waals surface area contributed by atoms with E-state index in [4.69, 9.17) is 0 Å². The lowest BCUT2D eigenvalue weighted by atomic mass is 10.1. The molecule has 0 aliphatic heterocycles. The van der Waals surface area contributed by atoms with Gasteiger partial charge in [0.15, 0.2) is 8.32 Å². The van der Waals surface area contributed by atoms with Crippen molar-refractivity contribution in [2.75, 3.05) is 0 Å². The van der Waals surface area contributed by atoms with E-state index in [1.165, 1.54) is 0 Å². The molecule has 2 N–H and O–H groups in total. The van der Waals surface area contributed by atoms with E-state index in [9.17, 15) is 9.90 Å². The van der Waals surface area contributed by atoms with Crippen LogP contribution in [0.15, 0.2) is 0 Å². The van der Waals surface area contributed by atoms with Crippen molar-refractivity contribution in [1.29, 1.82) is 0 Å². The first-order valence-corrected chi connectivity index (χ1v) is 6.87. The molecule has 0 fully saturated rings. The Labute approximate surface area is 64.0 Å². The molecule has 2 nitrogen and oxygen atoms in total. The first-order chi connectivity index (χ1) is 4.27. The van der Waals surface area contributed by atoms with Crippen LogP contribution < -0.4 is 0 Å². The summed E-state index contributed by atoms with van der Waals surface area (Å²) in [5, 5.41) is 9.53. The fourth-order valence-electron chi connectivity index (χ4n) is 1.06. The normalized spacial score (nSPS) is 18.6. The van der Waals surface area contributed by atoms with Gasteiger partial charge in [-0.25, -0.2) is 0 Å². The van der Waals surface area contributed by atoms with E-state index >= 15 is 0 Å². The van der Waals surface area contributed by atoms with Crippen LogP contribution >= 0.6 is 0 Å². The molecule has 0 rings (SSSR count). The Morgan fingerprint density at radius 2 is 1.80 bits per heavy atom. The minimum Gasteiger partial charge on any atom is -0.432 e. The summed E-state index contributed by atoms with van der Waals surface area (Å²) in [7, 11) is -2.06. The highest BCUT2D eigenvalue weighted by Crippen LogP contribution is 2.21. The number of aliphatic hydroxyl groups is 1. The molecule has 1 unspecified atom stereocenters. The maximum Gasteiger partial charge on any atom is 0.185 e. The van der Waals surface area contributed by atoms with Crippen molar-refractivity contribution >= 4 is 8.32 Å². The van der Waals surface area contributed by atoms with Gasteiger partial charge < -0.3 is 9.90 Å². The van der Waals surface area contributed by atoms with E-state index in [-0.39, 0.29) is 0 Å².